The molecule has 0 aliphatic rings. The monoisotopic (exact) mass is 284 g/mol. The van der Waals surface area contributed by atoms with Crippen molar-refractivity contribution in [3.05, 3.63) is 69.3 Å². The normalized spacial score (nSPS) is 10.0. The maximum atomic E-state index is 10.6. The lowest BCUT2D eigenvalue weighted by Crippen LogP contribution is -1.89. The van der Waals surface area contributed by atoms with Crippen molar-refractivity contribution in [1.82, 2.24) is 0 Å². The van der Waals surface area contributed by atoms with E-state index in [-0.39, 0.29) is 5.69 Å². The Morgan fingerprint density at radius 1 is 1.25 bits per heavy atom. The third kappa shape index (κ3) is 3.37. The molecule has 0 aliphatic carbocycles. The Morgan fingerprint density at radius 2 is 1.95 bits per heavy atom. The number of benzene rings is 2. The molecule has 0 spiro atoms. The molecule has 100 valence electrons. The topological polar surface area (TPSA) is 66.9 Å². The van der Waals surface area contributed by atoms with Crippen molar-refractivity contribution in [2.45, 2.75) is 17.6 Å². The van der Waals surface area contributed by atoms with Crippen LogP contribution >= 0.6 is 11.8 Å². The number of rotatable bonds is 4. The number of nitriles is 1. The number of hydrogen-bond acceptors (Lipinski definition) is 4. The largest absolute Gasteiger partial charge is 0.269 e. The summed E-state index contributed by atoms with van der Waals surface area (Å²) in [7, 11) is 0. The molecule has 2 rings (SSSR count). The van der Waals surface area contributed by atoms with E-state index in [0.29, 0.717) is 5.56 Å². The van der Waals surface area contributed by atoms with Gasteiger partial charge in [0.25, 0.3) is 5.69 Å². The van der Waals surface area contributed by atoms with Gasteiger partial charge in [0.2, 0.25) is 0 Å². The minimum atomic E-state index is -0.404. The fourth-order valence-electron chi connectivity index (χ4n) is 1.75. The Labute approximate surface area is 121 Å². The fourth-order valence-corrected chi connectivity index (χ4v) is 2.73. The van der Waals surface area contributed by atoms with Crippen molar-refractivity contribution in [2.75, 3.05) is 0 Å². The number of aryl methyl sites for hydroxylation is 1. The lowest BCUT2D eigenvalue weighted by molar-refractivity contribution is -0.384. The molecule has 0 aliphatic heterocycles. The van der Waals surface area contributed by atoms with Crippen LogP contribution < -0.4 is 0 Å². The van der Waals surface area contributed by atoms with Crippen LogP contribution in [0, 0.1) is 28.4 Å². The van der Waals surface area contributed by atoms with Crippen LogP contribution in [-0.4, -0.2) is 4.92 Å². The van der Waals surface area contributed by atoms with Gasteiger partial charge in [-0.3, -0.25) is 10.1 Å². The maximum absolute atomic E-state index is 10.6. The van der Waals surface area contributed by atoms with E-state index in [4.69, 9.17) is 5.26 Å². The first kappa shape index (κ1) is 14.1. The van der Waals surface area contributed by atoms with Crippen molar-refractivity contribution in [3.63, 3.8) is 0 Å². The van der Waals surface area contributed by atoms with E-state index in [0.717, 1.165) is 21.8 Å². The van der Waals surface area contributed by atoms with Crippen LogP contribution in [0.15, 0.2) is 47.4 Å². The van der Waals surface area contributed by atoms with Gasteiger partial charge in [-0.2, -0.15) is 5.26 Å². The van der Waals surface area contributed by atoms with Gasteiger partial charge in [0.05, 0.1) is 16.6 Å². The van der Waals surface area contributed by atoms with Crippen LogP contribution in [0.4, 0.5) is 5.69 Å². The van der Waals surface area contributed by atoms with Crippen LogP contribution in [0.5, 0.6) is 0 Å². The van der Waals surface area contributed by atoms with Gasteiger partial charge in [0, 0.05) is 22.8 Å². The number of nitro groups is 1. The quantitative estimate of drug-likeness (QED) is 0.482. The van der Waals surface area contributed by atoms with E-state index in [1.807, 2.05) is 19.1 Å². The van der Waals surface area contributed by atoms with Gasteiger partial charge in [-0.25, -0.2) is 0 Å². The first-order valence-electron chi connectivity index (χ1n) is 5.97. The Hall–Kier alpha value is -2.32. The van der Waals surface area contributed by atoms with E-state index < -0.39 is 4.92 Å². The number of non-ortho nitro benzene ring substituents is 1. The molecular weight excluding hydrogens is 272 g/mol. The third-order valence-corrected chi connectivity index (χ3v) is 3.97. The summed E-state index contributed by atoms with van der Waals surface area (Å²) in [5, 5.41) is 19.4. The van der Waals surface area contributed by atoms with Crippen molar-refractivity contribution in [1.29, 1.82) is 5.26 Å². The molecular formula is C15H12N2O2S. The summed E-state index contributed by atoms with van der Waals surface area (Å²) in [5.41, 5.74) is 3.00. The number of thioether (sulfide) groups is 1. The zero-order valence-electron chi connectivity index (χ0n) is 10.9. The van der Waals surface area contributed by atoms with E-state index in [2.05, 4.69) is 6.07 Å². The zero-order chi connectivity index (χ0) is 14.5. The molecule has 0 amide bonds. The van der Waals surface area contributed by atoms with Crippen molar-refractivity contribution in [2.24, 2.45) is 0 Å². The van der Waals surface area contributed by atoms with Gasteiger partial charge in [0.1, 0.15) is 0 Å². The van der Waals surface area contributed by atoms with Gasteiger partial charge in [-0.1, -0.05) is 6.07 Å². The first-order valence-corrected chi connectivity index (χ1v) is 6.95. The summed E-state index contributed by atoms with van der Waals surface area (Å²) in [5.74, 6) is 0.773. The van der Waals surface area contributed by atoms with E-state index >= 15 is 0 Å². The highest BCUT2D eigenvalue weighted by Crippen LogP contribution is 2.26. The SMILES string of the molecule is Cc1cc(C#N)ccc1CSc1ccc([N+](=O)[O-])cc1. The molecule has 0 atom stereocenters. The second-order valence-electron chi connectivity index (χ2n) is 4.29. The van der Waals surface area contributed by atoms with Gasteiger partial charge >= 0.3 is 0 Å². The van der Waals surface area contributed by atoms with E-state index in [9.17, 15) is 10.1 Å². The molecule has 0 saturated carbocycles. The standard InChI is InChI=1S/C15H12N2O2S/c1-11-8-12(9-16)2-3-13(11)10-20-15-6-4-14(5-7-15)17(18)19/h2-8H,10H2,1H3. The van der Waals surface area contributed by atoms with Crippen LogP contribution in [0.1, 0.15) is 16.7 Å². The Bertz CT molecular complexity index is 675. The molecule has 4 nitrogen and oxygen atoms in total. The average molecular weight is 284 g/mol. The van der Waals surface area contributed by atoms with Gasteiger partial charge < -0.3 is 0 Å². The predicted octanol–water partition coefficient (Wildman–Crippen LogP) is 4.07. The van der Waals surface area contributed by atoms with E-state index in [1.54, 1.807) is 30.0 Å². The first-order chi connectivity index (χ1) is 9.60. The van der Waals surface area contributed by atoms with Crippen LogP contribution in [0.2, 0.25) is 0 Å². The minimum Gasteiger partial charge on any atom is -0.258 e. The second-order valence-corrected chi connectivity index (χ2v) is 5.34. The van der Waals surface area contributed by atoms with Crippen LogP contribution in [-0.2, 0) is 5.75 Å². The summed E-state index contributed by atoms with van der Waals surface area (Å²) in [4.78, 5) is 11.2. The minimum absolute atomic E-state index is 0.101. The molecule has 0 unspecified atom stereocenters. The van der Waals surface area contributed by atoms with Crippen molar-refractivity contribution in [3.8, 4) is 6.07 Å². The lowest BCUT2D eigenvalue weighted by Gasteiger charge is -2.06. The summed E-state index contributed by atoms with van der Waals surface area (Å²) in [6.07, 6.45) is 0. The highest BCUT2D eigenvalue weighted by atomic mass is 32.2. The molecule has 2 aromatic rings. The molecule has 0 aromatic heterocycles. The summed E-state index contributed by atoms with van der Waals surface area (Å²) >= 11 is 1.62. The summed E-state index contributed by atoms with van der Waals surface area (Å²) < 4.78 is 0. The fraction of sp³-hybridized carbons (Fsp3) is 0.133. The predicted molar refractivity (Wildman–Crippen MR) is 78.6 cm³/mol. The molecule has 2 aromatic carbocycles. The number of hydrogen-bond donors (Lipinski definition) is 0. The maximum Gasteiger partial charge on any atom is 0.269 e. The van der Waals surface area contributed by atoms with Gasteiger partial charge in [-0.05, 0) is 42.3 Å². The molecule has 20 heavy (non-hydrogen) atoms. The lowest BCUT2D eigenvalue weighted by atomic mass is 10.1. The van der Waals surface area contributed by atoms with Crippen LogP contribution in [0.3, 0.4) is 0 Å². The third-order valence-electron chi connectivity index (χ3n) is 2.91. The molecule has 0 saturated heterocycles. The Morgan fingerprint density at radius 3 is 2.50 bits per heavy atom. The van der Waals surface area contributed by atoms with E-state index in [1.165, 1.54) is 12.1 Å². The number of nitrogens with zero attached hydrogens (tertiary/aromatic N) is 2. The summed E-state index contributed by atoms with van der Waals surface area (Å²) in [6.45, 7) is 1.98. The average Bonchev–Trinajstić information content (AvgIpc) is 2.46. The van der Waals surface area contributed by atoms with Crippen molar-refractivity contribution >= 4 is 17.4 Å². The van der Waals surface area contributed by atoms with Gasteiger partial charge in [-0.15, -0.1) is 11.8 Å². The highest BCUT2D eigenvalue weighted by Gasteiger charge is 2.05. The smallest absolute Gasteiger partial charge is 0.258 e. The van der Waals surface area contributed by atoms with Crippen molar-refractivity contribution < 1.29 is 4.92 Å². The zero-order valence-corrected chi connectivity index (χ0v) is 11.7. The Kier molecular flexibility index (Phi) is 4.38. The summed E-state index contributed by atoms with van der Waals surface area (Å²) in [6, 6.07) is 14.3. The molecule has 0 N–H and O–H groups in total. The number of nitro benzene ring substituents is 1. The molecule has 0 radical (unpaired) electrons. The van der Waals surface area contributed by atoms with Gasteiger partial charge in [0.15, 0.2) is 0 Å². The second kappa shape index (κ2) is 6.22. The molecule has 0 bridgehead atoms. The Balaban J connectivity index is 2.05. The highest BCUT2D eigenvalue weighted by molar-refractivity contribution is 7.98. The molecule has 0 heterocycles. The van der Waals surface area contributed by atoms with Crippen LogP contribution in [0.25, 0.3) is 0 Å². The molecule has 0 fully saturated rings. The molecule has 5 heteroatoms.